The molecule has 1 aromatic carbocycles. The molecule has 1 atom stereocenters. The van der Waals surface area contributed by atoms with Crippen molar-refractivity contribution < 1.29 is 18.0 Å². The summed E-state index contributed by atoms with van der Waals surface area (Å²) < 4.78 is 22.7. The maximum atomic E-state index is 12.2. The van der Waals surface area contributed by atoms with Crippen molar-refractivity contribution in [2.24, 2.45) is 5.92 Å². The second kappa shape index (κ2) is 7.69. The predicted molar refractivity (Wildman–Crippen MR) is 97.2 cm³/mol. The van der Waals surface area contributed by atoms with Crippen LogP contribution in [0.4, 0.5) is 10.5 Å². The Balaban J connectivity index is 2.02. The maximum Gasteiger partial charge on any atom is 0.319 e. The maximum absolute atomic E-state index is 12.2. The summed E-state index contributed by atoms with van der Waals surface area (Å²) in [6.45, 7) is 6.33. The van der Waals surface area contributed by atoms with E-state index in [2.05, 4.69) is 16.0 Å². The molecular weight excluding hydrogens is 342 g/mol. The summed E-state index contributed by atoms with van der Waals surface area (Å²) in [5.74, 6) is 0.00371. The zero-order valence-electron chi connectivity index (χ0n) is 14.5. The Morgan fingerprint density at radius 3 is 2.60 bits per heavy atom. The first-order valence-corrected chi connectivity index (χ1v) is 9.76. The molecule has 1 aliphatic heterocycles. The van der Waals surface area contributed by atoms with Crippen molar-refractivity contribution in [3.05, 3.63) is 40.8 Å². The summed E-state index contributed by atoms with van der Waals surface area (Å²) >= 11 is 0. The topological polar surface area (TPSA) is 104 Å². The number of hydrogen-bond acceptors (Lipinski definition) is 4. The van der Waals surface area contributed by atoms with Crippen LogP contribution in [0.2, 0.25) is 0 Å². The van der Waals surface area contributed by atoms with Crippen LogP contribution in [0.1, 0.15) is 29.8 Å². The van der Waals surface area contributed by atoms with Gasteiger partial charge >= 0.3 is 6.03 Å². The fourth-order valence-electron chi connectivity index (χ4n) is 2.40. The number of carbonyl (C=O) groups excluding carboxylic acids is 2. The first-order valence-electron chi connectivity index (χ1n) is 8.04. The summed E-state index contributed by atoms with van der Waals surface area (Å²) in [7, 11) is -3.23. The van der Waals surface area contributed by atoms with E-state index in [9.17, 15) is 18.0 Å². The minimum atomic E-state index is -3.23. The molecule has 1 heterocycles. The van der Waals surface area contributed by atoms with E-state index < -0.39 is 21.9 Å². The van der Waals surface area contributed by atoms with Crippen molar-refractivity contribution in [1.82, 2.24) is 10.6 Å². The van der Waals surface area contributed by atoms with Crippen LogP contribution in [-0.2, 0) is 9.84 Å². The lowest BCUT2D eigenvalue weighted by Crippen LogP contribution is -2.38. The fraction of sp³-hybridized carbons (Fsp3) is 0.412. The van der Waals surface area contributed by atoms with Crippen LogP contribution in [-0.4, -0.2) is 38.7 Å². The fourth-order valence-corrected chi connectivity index (χ4v) is 3.64. The van der Waals surface area contributed by atoms with Crippen LogP contribution in [0.15, 0.2) is 29.7 Å². The van der Waals surface area contributed by atoms with Gasteiger partial charge in [-0.05, 0) is 36.6 Å². The Kier molecular flexibility index (Phi) is 5.84. The Labute approximate surface area is 147 Å². The Morgan fingerprint density at radius 1 is 1.28 bits per heavy atom. The molecule has 0 spiro atoms. The molecule has 136 valence electrons. The molecule has 0 aliphatic carbocycles. The van der Waals surface area contributed by atoms with E-state index in [0.29, 0.717) is 29.3 Å². The molecule has 1 aromatic rings. The number of urea groups is 1. The van der Waals surface area contributed by atoms with E-state index in [4.69, 9.17) is 0 Å². The van der Waals surface area contributed by atoms with Gasteiger partial charge in [-0.1, -0.05) is 19.9 Å². The quantitative estimate of drug-likeness (QED) is 0.740. The second-order valence-electron chi connectivity index (χ2n) is 6.45. The SMILES string of the molecule is Cc1c(NC(=O)N[C@H]2C=CS(=O)(=O)C2)cccc1C(=O)NCC(C)C. The molecule has 3 N–H and O–H groups in total. The number of sulfone groups is 1. The lowest BCUT2D eigenvalue weighted by Gasteiger charge is -2.15. The lowest BCUT2D eigenvalue weighted by molar-refractivity contribution is 0.0948. The molecule has 2 rings (SSSR count). The van der Waals surface area contributed by atoms with Gasteiger partial charge in [-0.2, -0.15) is 0 Å². The Hall–Kier alpha value is -2.35. The number of benzene rings is 1. The van der Waals surface area contributed by atoms with Gasteiger partial charge in [0.15, 0.2) is 9.84 Å². The van der Waals surface area contributed by atoms with Crippen LogP contribution in [0.5, 0.6) is 0 Å². The van der Waals surface area contributed by atoms with E-state index in [1.54, 1.807) is 25.1 Å². The lowest BCUT2D eigenvalue weighted by atomic mass is 10.1. The molecule has 0 unspecified atom stereocenters. The number of hydrogen-bond donors (Lipinski definition) is 3. The molecule has 1 aliphatic rings. The third-order valence-electron chi connectivity index (χ3n) is 3.74. The van der Waals surface area contributed by atoms with Crippen LogP contribution < -0.4 is 16.0 Å². The molecule has 0 radical (unpaired) electrons. The molecule has 0 saturated carbocycles. The van der Waals surface area contributed by atoms with E-state index in [-0.39, 0.29) is 11.7 Å². The molecule has 0 bridgehead atoms. The Morgan fingerprint density at radius 2 is 2.00 bits per heavy atom. The van der Waals surface area contributed by atoms with Gasteiger partial charge in [0.25, 0.3) is 5.91 Å². The number of carbonyl (C=O) groups is 2. The summed E-state index contributed by atoms with van der Waals surface area (Å²) in [5, 5.41) is 9.19. The third kappa shape index (κ3) is 5.32. The molecule has 0 fully saturated rings. The smallest absolute Gasteiger partial charge is 0.319 e. The average Bonchev–Trinajstić information content (AvgIpc) is 2.85. The predicted octanol–water partition coefficient (Wildman–Crippen LogP) is 1.81. The van der Waals surface area contributed by atoms with Crippen molar-refractivity contribution in [3.63, 3.8) is 0 Å². The van der Waals surface area contributed by atoms with Crippen LogP contribution in [0.25, 0.3) is 0 Å². The van der Waals surface area contributed by atoms with Gasteiger partial charge in [-0.25, -0.2) is 13.2 Å². The molecule has 8 heteroatoms. The normalized spacial score (nSPS) is 18.2. The number of rotatable bonds is 5. The summed E-state index contributed by atoms with van der Waals surface area (Å²) in [5.41, 5.74) is 1.63. The highest BCUT2D eigenvalue weighted by Crippen LogP contribution is 2.19. The van der Waals surface area contributed by atoms with Crippen molar-refractivity contribution in [1.29, 1.82) is 0 Å². The standard InChI is InChI=1S/C17H23N3O4S/c1-11(2)9-18-16(21)14-5-4-6-15(12(14)3)20-17(22)19-13-7-8-25(23,24)10-13/h4-8,11,13H,9-10H2,1-3H3,(H,18,21)(H2,19,20,22)/t13-/m0/s1. The first-order chi connectivity index (χ1) is 11.7. The monoisotopic (exact) mass is 365 g/mol. The minimum Gasteiger partial charge on any atom is -0.352 e. The van der Waals surface area contributed by atoms with Gasteiger partial charge < -0.3 is 16.0 Å². The highest BCUT2D eigenvalue weighted by molar-refractivity contribution is 7.94. The minimum absolute atomic E-state index is 0.142. The van der Waals surface area contributed by atoms with Gasteiger partial charge in [0.05, 0.1) is 11.8 Å². The zero-order valence-corrected chi connectivity index (χ0v) is 15.3. The third-order valence-corrected chi connectivity index (χ3v) is 5.14. The highest BCUT2D eigenvalue weighted by Gasteiger charge is 2.23. The van der Waals surface area contributed by atoms with E-state index in [0.717, 1.165) is 5.41 Å². The van der Waals surface area contributed by atoms with Gasteiger partial charge in [0.2, 0.25) is 0 Å². The first kappa shape index (κ1) is 19.0. The Bertz CT molecular complexity index is 800. The number of anilines is 1. The van der Waals surface area contributed by atoms with Gasteiger partial charge in [0, 0.05) is 23.2 Å². The van der Waals surface area contributed by atoms with Crippen LogP contribution in [0, 0.1) is 12.8 Å². The average molecular weight is 365 g/mol. The zero-order chi connectivity index (χ0) is 18.6. The largest absolute Gasteiger partial charge is 0.352 e. The second-order valence-corrected chi connectivity index (χ2v) is 8.38. The van der Waals surface area contributed by atoms with E-state index in [1.807, 2.05) is 13.8 Å². The van der Waals surface area contributed by atoms with Crippen molar-refractivity contribution >= 4 is 27.5 Å². The number of amides is 3. The molecule has 3 amide bonds. The van der Waals surface area contributed by atoms with Crippen LogP contribution >= 0.6 is 0 Å². The van der Waals surface area contributed by atoms with Crippen molar-refractivity contribution in [3.8, 4) is 0 Å². The summed E-state index contributed by atoms with van der Waals surface area (Å²) in [6.07, 6.45) is 1.44. The van der Waals surface area contributed by atoms with E-state index >= 15 is 0 Å². The number of nitrogens with one attached hydrogen (secondary N) is 3. The van der Waals surface area contributed by atoms with Gasteiger partial charge in [-0.15, -0.1) is 0 Å². The van der Waals surface area contributed by atoms with Gasteiger partial charge in [-0.3, -0.25) is 4.79 Å². The van der Waals surface area contributed by atoms with E-state index in [1.165, 1.54) is 6.08 Å². The molecule has 25 heavy (non-hydrogen) atoms. The molecule has 7 nitrogen and oxygen atoms in total. The van der Waals surface area contributed by atoms with Crippen molar-refractivity contribution in [2.75, 3.05) is 17.6 Å². The summed E-state index contributed by atoms with van der Waals surface area (Å²) in [6, 6.07) is 4.00. The van der Waals surface area contributed by atoms with Crippen LogP contribution in [0.3, 0.4) is 0 Å². The summed E-state index contributed by atoms with van der Waals surface area (Å²) in [4.78, 5) is 24.3. The highest BCUT2D eigenvalue weighted by atomic mass is 32.2. The molecule has 0 aromatic heterocycles. The molecule has 0 saturated heterocycles. The molecular formula is C17H23N3O4S. The van der Waals surface area contributed by atoms with Crippen molar-refractivity contribution in [2.45, 2.75) is 26.8 Å². The van der Waals surface area contributed by atoms with Gasteiger partial charge in [0.1, 0.15) is 0 Å².